The molecule has 0 N–H and O–H groups in total. The Morgan fingerprint density at radius 1 is 1.23 bits per heavy atom. The lowest BCUT2D eigenvalue weighted by Crippen LogP contribution is -1.81. The molecule has 0 atom stereocenters. The molecule has 0 saturated heterocycles. The molecule has 0 spiro atoms. The normalized spacial score (nSPS) is 9.92. The molecule has 1 aromatic heterocycles. The van der Waals surface area contributed by atoms with Crippen molar-refractivity contribution < 1.29 is 4.74 Å². The second kappa shape index (κ2) is 3.53. The number of nitrogens with zero attached hydrogens (tertiary/aromatic N) is 2. The summed E-state index contributed by atoms with van der Waals surface area (Å²) >= 11 is 1.39. The van der Waals surface area contributed by atoms with Gasteiger partial charge in [0.15, 0.2) is 0 Å². The van der Waals surface area contributed by atoms with Crippen molar-refractivity contribution in [1.29, 1.82) is 0 Å². The molecule has 13 heavy (non-hydrogen) atoms. The molecule has 4 heteroatoms. The summed E-state index contributed by atoms with van der Waals surface area (Å²) in [5, 5.41) is 3.78. The van der Waals surface area contributed by atoms with Crippen LogP contribution in [0.5, 0.6) is 5.75 Å². The molecule has 1 heterocycles. The van der Waals surface area contributed by atoms with Gasteiger partial charge in [-0.3, -0.25) is 0 Å². The standard InChI is InChI=1S/C9H8N2OS/c1-12-8-4-2-7(3-5-8)9-6-10-11-13-9/h2-6H,1H3. The van der Waals surface area contributed by atoms with Gasteiger partial charge < -0.3 is 4.74 Å². The Balaban J connectivity index is 2.33. The van der Waals surface area contributed by atoms with Gasteiger partial charge in [0, 0.05) is 0 Å². The molecule has 66 valence electrons. The summed E-state index contributed by atoms with van der Waals surface area (Å²) in [6.45, 7) is 0. The smallest absolute Gasteiger partial charge is 0.118 e. The van der Waals surface area contributed by atoms with E-state index in [4.69, 9.17) is 4.74 Å². The van der Waals surface area contributed by atoms with E-state index < -0.39 is 0 Å². The van der Waals surface area contributed by atoms with Gasteiger partial charge >= 0.3 is 0 Å². The molecule has 0 aliphatic carbocycles. The van der Waals surface area contributed by atoms with Crippen molar-refractivity contribution in [3.8, 4) is 16.2 Å². The zero-order chi connectivity index (χ0) is 9.10. The van der Waals surface area contributed by atoms with Crippen molar-refractivity contribution in [3.05, 3.63) is 30.5 Å². The highest BCUT2D eigenvalue weighted by Crippen LogP contribution is 2.23. The fraction of sp³-hybridized carbons (Fsp3) is 0.111. The Morgan fingerprint density at radius 2 is 2.00 bits per heavy atom. The SMILES string of the molecule is COc1ccc(-c2cnns2)cc1. The minimum Gasteiger partial charge on any atom is -0.497 e. The minimum absolute atomic E-state index is 0.862. The van der Waals surface area contributed by atoms with E-state index in [0.29, 0.717) is 0 Å². The Hall–Kier alpha value is -1.42. The number of rotatable bonds is 2. The summed E-state index contributed by atoms with van der Waals surface area (Å²) in [6.07, 6.45) is 1.76. The Morgan fingerprint density at radius 3 is 2.54 bits per heavy atom. The van der Waals surface area contributed by atoms with Gasteiger partial charge in [0.2, 0.25) is 0 Å². The molecule has 0 unspecified atom stereocenters. The molecule has 2 rings (SSSR count). The zero-order valence-corrected chi connectivity index (χ0v) is 7.91. The van der Waals surface area contributed by atoms with Gasteiger partial charge in [-0.05, 0) is 41.4 Å². The first-order valence-electron chi connectivity index (χ1n) is 3.82. The van der Waals surface area contributed by atoms with Gasteiger partial charge in [-0.25, -0.2) is 0 Å². The van der Waals surface area contributed by atoms with Gasteiger partial charge in [-0.2, -0.15) is 0 Å². The summed E-state index contributed by atoms with van der Waals surface area (Å²) < 4.78 is 8.86. The molecule has 3 nitrogen and oxygen atoms in total. The predicted octanol–water partition coefficient (Wildman–Crippen LogP) is 2.21. The summed E-state index contributed by atoms with van der Waals surface area (Å²) in [7, 11) is 1.66. The van der Waals surface area contributed by atoms with Crippen LogP contribution in [0.2, 0.25) is 0 Å². The molecule has 1 aromatic carbocycles. The van der Waals surface area contributed by atoms with Crippen molar-refractivity contribution in [3.63, 3.8) is 0 Å². The second-order valence-electron chi connectivity index (χ2n) is 2.51. The largest absolute Gasteiger partial charge is 0.497 e. The highest BCUT2D eigenvalue weighted by Gasteiger charge is 1.99. The van der Waals surface area contributed by atoms with Crippen LogP contribution in [0.4, 0.5) is 0 Å². The van der Waals surface area contributed by atoms with Crippen LogP contribution in [0.3, 0.4) is 0 Å². The third kappa shape index (κ3) is 1.67. The van der Waals surface area contributed by atoms with Crippen LogP contribution in [-0.2, 0) is 0 Å². The Bertz CT molecular complexity index is 369. The Kier molecular flexibility index (Phi) is 2.23. The van der Waals surface area contributed by atoms with Gasteiger partial charge in [0.25, 0.3) is 0 Å². The lowest BCUT2D eigenvalue weighted by Gasteiger charge is -1.99. The molecule has 0 amide bonds. The third-order valence-corrected chi connectivity index (χ3v) is 2.45. The van der Waals surface area contributed by atoms with E-state index in [0.717, 1.165) is 16.2 Å². The average Bonchev–Trinajstić information content (AvgIpc) is 2.71. The highest BCUT2D eigenvalue weighted by molar-refractivity contribution is 7.09. The molecule has 0 aliphatic rings. The van der Waals surface area contributed by atoms with Crippen molar-refractivity contribution in [2.24, 2.45) is 0 Å². The highest BCUT2D eigenvalue weighted by atomic mass is 32.1. The number of hydrogen-bond donors (Lipinski definition) is 0. The molecular weight excluding hydrogens is 184 g/mol. The zero-order valence-electron chi connectivity index (χ0n) is 7.10. The van der Waals surface area contributed by atoms with E-state index in [-0.39, 0.29) is 0 Å². The van der Waals surface area contributed by atoms with Crippen LogP contribution in [-0.4, -0.2) is 16.7 Å². The van der Waals surface area contributed by atoms with E-state index in [2.05, 4.69) is 9.59 Å². The fourth-order valence-corrected chi connectivity index (χ4v) is 1.57. The van der Waals surface area contributed by atoms with Crippen molar-refractivity contribution in [1.82, 2.24) is 9.59 Å². The van der Waals surface area contributed by atoms with Gasteiger partial charge in [-0.1, -0.05) is 4.49 Å². The molecule has 2 aromatic rings. The first-order valence-corrected chi connectivity index (χ1v) is 4.59. The second-order valence-corrected chi connectivity index (χ2v) is 3.30. The summed E-state index contributed by atoms with van der Waals surface area (Å²) in [4.78, 5) is 1.07. The number of ether oxygens (including phenoxy) is 1. The van der Waals surface area contributed by atoms with Crippen LogP contribution in [0.1, 0.15) is 0 Å². The molecule has 0 saturated carbocycles. The van der Waals surface area contributed by atoms with Crippen LogP contribution in [0.15, 0.2) is 30.5 Å². The van der Waals surface area contributed by atoms with Crippen LogP contribution in [0, 0.1) is 0 Å². The summed E-state index contributed by atoms with van der Waals surface area (Å²) in [5.41, 5.74) is 1.12. The first kappa shape index (κ1) is 8.19. The van der Waals surface area contributed by atoms with Crippen molar-refractivity contribution >= 4 is 11.5 Å². The summed E-state index contributed by atoms with van der Waals surface area (Å²) in [6, 6.07) is 7.84. The number of hydrogen-bond acceptors (Lipinski definition) is 4. The maximum Gasteiger partial charge on any atom is 0.118 e. The van der Waals surface area contributed by atoms with E-state index in [9.17, 15) is 0 Å². The number of benzene rings is 1. The molecule has 0 radical (unpaired) electrons. The molecule has 0 fully saturated rings. The molecule has 0 aliphatic heterocycles. The predicted molar refractivity (Wildman–Crippen MR) is 51.9 cm³/mol. The van der Waals surface area contributed by atoms with Crippen molar-refractivity contribution in [2.45, 2.75) is 0 Å². The quantitative estimate of drug-likeness (QED) is 0.731. The van der Waals surface area contributed by atoms with E-state index in [1.54, 1.807) is 13.3 Å². The topological polar surface area (TPSA) is 35.0 Å². The number of methoxy groups -OCH3 is 1. The van der Waals surface area contributed by atoms with Crippen LogP contribution in [0.25, 0.3) is 10.4 Å². The van der Waals surface area contributed by atoms with Crippen LogP contribution >= 0.6 is 11.5 Å². The maximum absolute atomic E-state index is 5.06. The summed E-state index contributed by atoms with van der Waals surface area (Å²) in [5.74, 6) is 0.862. The molecule has 0 bridgehead atoms. The van der Waals surface area contributed by atoms with Crippen LogP contribution < -0.4 is 4.74 Å². The third-order valence-electron chi connectivity index (χ3n) is 1.74. The molecular formula is C9H8N2OS. The lowest BCUT2D eigenvalue weighted by molar-refractivity contribution is 0.415. The maximum atomic E-state index is 5.06. The van der Waals surface area contributed by atoms with Gasteiger partial charge in [0.1, 0.15) is 5.75 Å². The first-order chi connectivity index (χ1) is 6.40. The fourth-order valence-electron chi connectivity index (χ4n) is 1.05. The lowest BCUT2D eigenvalue weighted by atomic mass is 10.2. The minimum atomic E-state index is 0.862. The number of aromatic nitrogens is 2. The van der Waals surface area contributed by atoms with Crippen molar-refractivity contribution in [2.75, 3.05) is 7.11 Å². The van der Waals surface area contributed by atoms with Gasteiger partial charge in [0.05, 0.1) is 18.2 Å². The monoisotopic (exact) mass is 192 g/mol. The van der Waals surface area contributed by atoms with E-state index in [1.807, 2.05) is 24.3 Å². The van der Waals surface area contributed by atoms with E-state index >= 15 is 0 Å². The average molecular weight is 192 g/mol. The Labute approximate surface area is 80.2 Å². The van der Waals surface area contributed by atoms with E-state index in [1.165, 1.54) is 11.5 Å². The van der Waals surface area contributed by atoms with Gasteiger partial charge in [-0.15, -0.1) is 5.10 Å².